The number of carboxylic acids is 1. The molecule has 0 saturated carbocycles. The van der Waals surface area contributed by atoms with Gasteiger partial charge in [0, 0.05) is 0 Å². The molecule has 2 rings (SSSR count). The Morgan fingerprint density at radius 3 is 2.43 bits per heavy atom. The molecule has 0 saturated heterocycles. The van der Waals surface area contributed by atoms with Crippen LogP contribution >= 0.6 is 0 Å². The molecule has 0 fully saturated rings. The molecular formula is C21H28FN3O5. The first-order valence-corrected chi connectivity index (χ1v) is 9.82. The Balaban J connectivity index is 2.33. The minimum absolute atomic E-state index is 0.000308. The number of halogens is 1. The number of aliphatic imine (C=N–C) groups is 1. The molecule has 1 aliphatic rings. The van der Waals surface area contributed by atoms with Crippen LogP contribution in [0.4, 0.5) is 9.18 Å². The summed E-state index contributed by atoms with van der Waals surface area (Å²) in [5.41, 5.74) is -1.35. The molecule has 1 aromatic carbocycles. The molecule has 1 atom stereocenters. The van der Waals surface area contributed by atoms with Gasteiger partial charge in [-0.3, -0.25) is 15.4 Å². The van der Waals surface area contributed by atoms with Gasteiger partial charge >= 0.3 is 12.1 Å². The molecular weight excluding hydrogens is 393 g/mol. The maximum Gasteiger partial charge on any atom is 0.414 e. The van der Waals surface area contributed by atoms with Crippen LogP contribution in [0.15, 0.2) is 23.2 Å². The maximum absolute atomic E-state index is 13.9. The highest BCUT2D eigenvalue weighted by Crippen LogP contribution is 2.35. The van der Waals surface area contributed by atoms with Crippen molar-refractivity contribution in [2.24, 2.45) is 10.9 Å². The summed E-state index contributed by atoms with van der Waals surface area (Å²) < 4.78 is 19.1. The topological polar surface area (TPSA) is 117 Å². The van der Waals surface area contributed by atoms with Crippen LogP contribution in [0.25, 0.3) is 0 Å². The zero-order valence-electron chi connectivity index (χ0n) is 17.8. The number of hydrogen-bond acceptors (Lipinski definition) is 5. The Morgan fingerprint density at radius 1 is 1.27 bits per heavy atom. The van der Waals surface area contributed by atoms with E-state index in [1.54, 1.807) is 20.8 Å². The third kappa shape index (κ3) is 5.55. The smallest absolute Gasteiger partial charge is 0.414 e. The van der Waals surface area contributed by atoms with E-state index in [1.807, 2.05) is 13.8 Å². The highest BCUT2D eigenvalue weighted by atomic mass is 19.1. The van der Waals surface area contributed by atoms with Crippen LogP contribution in [0.5, 0.6) is 0 Å². The highest BCUT2D eigenvalue weighted by Gasteiger charge is 2.44. The van der Waals surface area contributed by atoms with E-state index >= 15 is 0 Å². The Labute approximate surface area is 174 Å². The molecule has 0 radical (unpaired) electrons. The van der Waals surface area contributed by atoms with Gasteiger partial charge in [-0.2, -0.15) is 0 Å². The van der Waals surface area contributed by atoms with E-state index in [2.05, 4.69) is 15.6 Å². The molecule has 1 aliphatic heterocycles. The second kappa shape index (κ2) is 8.81. The molecule has 164 valence electrons. The molecule has 1 unspecified atom stereocenters. The van der Waals surface area contributed by atoms with E-state index in [-0.39, 0.29) is 23.9 Å². The maximum atomic E-state index is 13.9. The summed E-state index contributed by atoms with van der Waals surface area (Å²) in [4.78, 5) is 40.8. The summed E-state index contributed by atoms with van der Waals surface area (Å²) in [6.45, 7) is 8.90. The number of carbonyl (C=O) groups excluding carboxylic acids is 2. The largest absolute Gasteiger partial charge is 0.478 e. The predicted octanol–water partition coefficient (Wildman–Crippen LogP) is 3.25. The molecule has 8 nitrogen and oxygen atoms in total. The van der Waals surface area contributed by atoms with Gasteiger partial charge in [0.15, 0.2) is 0 Å². The lowest BCUT2D eigenvalue weighted by molar-refractivity contribution is -0.126. The van der Waals surface area contributed by atoms with Crippen LogP contribution < -0.4 is 10.6 Å². The number of benzene rings is 1. The van der Waals surface area contributed by atoms with Gasteiger partial charge in [-0.1, -0.05) is 13.8 Å². The minimum atomic E-state index is -1.25. The number of carbonyl (C=O) groups is 3. The predicted molar refractivity (Wildman–Crippen MR) is 109 cm³/mol. The number of hydrogen-bond donors (Lipinski definition) is 3. The number of amides is 2. The van der Waals surface area contributed by atoms with Gasteiger partial charge in [0.1, 0.15) is 11.4 Å². The van der Waals surface area contributed by atoms with Crippen molar-refractivity contribution in [3.05, 3.63) is 35.1 Å². The molecule has 1 heterocycles. The van der Waals surface area contributed by atoms with E-state index in [4.69, 9.17) is 9.84 Å². The van der Waals surface area contributed by atoms with Crippen LogP contribution in [0.1, 0.15) is 63.4 Å². The van der Waals surface area contributed by atoms with E-state index in [9.17, 15) is 18.8 Å². The lowest BCUT2D eigenvalue weighted by Crippen LogP contribution is -2.58. The van der Waals surface area contributed by atoms with Gasteiger partial charge in [-0.15, -0.1) is 0 Å². The summed E-state index contributed by atoms with van der Waals surface area (Å²) in [6, 6.07) is 3.50. The SMILES string of the molecule is CCC1(CC)N=C(NC(=O)OC(C)(C)C)NC(=O)C1Cc1cc(F)cc(C(=O)O)c1. The summed E-state index contributed by atoms with van der Waals surface area (Å²) in [5.74, 6) is -2.99. The fraction of sp³-hybridized carbons (Fsp3) is 0.524. The number of carboxylic acid groups (broad SMARTS) is 1. The van der Waals surface area contributed by atoms with Crippen molar-refractivity contribution in [3.63, 3.8) is 0 Å². The van der Waals surface area contributed by atoms with Crippen molar-refractivity contribution in [3.8, 4) is 0 Å². The number of alkyl carbamates (subject to hydrolysis) is 1. The molecule has 3 N–H and O–H groups in total. The van der Waals surface area contributed by atoms with Crippen LogP contribution in [-0.4, -0.2) is 40.2 Å². The fourth-order valence-corrected chi connectivity index (χ4v) is 3.55. The van der Waals surface area contributed by atoms with Gasteiger partial charge in [0.2, 0.25) is 11.9 Å². The molecule has 0 bridgehead atoms. The van der Waals surface area contributed by atoms with E-state index in [1.165, 1.54) is 12.1 Å². The van der Waals surface area contributed by atoms with Crippen molar-refractivity contribution in [1.82, 2.24) is 10.6 Å². The normalized spacial score (nSPS) is 18.3. The summed E-state index contributed by atoms with van der Waals surface area (Å²) in [7, 11) is 0. The Kier molecular flexibility index (Phi) is 6.84. The second-order valence-electron chi connectivity index (χ2n) is 8.30. The van der Waals surface area contributed by atoms with E-state index in [0.717, 1.165) is 6.07 Å². The number of ether oxygens (including phenoxy) is 1. The Morgan fingerprint density at radius 2 is 1.90 bits per heavy atom. The summed E-state index contributed by atoms with van der Waals surface area (Å²) >= 11 is 0. The van der Waals surface area contributed by atoms with Crippen molar-refractivity contribution >= 4 is 23.9 Å². The van der Waals surface area contributed by atoms with E-state index < -0.39 is 34.9 Å². The molecule has 1 aromatic rings. The summed E-state index contributed by atoms with van der Waals surface area (Å²) in [6.07, 6.45) is 0.344. The van der Waals surface area contributed by atoms with Crippen molar-refractivity contribution < 1.29 is 28.6 Å². The first-order valence-electron chi connectivity index (χ1n) is 9.82. The number of aromatic carboxylic acids is 1. The molecule has 2 amide bonds. The van der Waals surface area contributed by atoms with Gasteiger partial charge < -0.3 is 9.84 Å². The molecule has 0 spiro atoms. The fourth-order valence-electron chi connectivity index (χ4n) is 3.55. The number of nitrogens with zero attached hydrogens (tertiary/aromatic N) is 1. The molecule has 9 heteroatoms. The van der Waals surface area contributed by atoms with Crippen LogP contribution in [-0.2, 0) is 16.0 Å². The molecule has 30 heavy (non-hydrogen) atoms. The second-order valence-corrected chi connectivity index (χ2v) is 8.30. The number of rotatable bonds is 5. The molecule has 0 aromatic heterocycles. The summed E-state index contributed by atoms with van der Waals surface area (Å²) in [5, 5.41) is 14.2. The van der Waals surface area contributed by atoms with Crippen molar-refractivity contribution in [2.45, 2.75) is 65.0 Å². The number of guanidine groups is 1. The lowest BCUT2D eigenvalue weighted by atomic mass is 9.75. The highest BCUT2D eigenvalue weighted by molar-refractivity contribution is 6.06. The average molecular weight is 421 g/mol. The van der Waals surface area contributed by atoms with Gasteiger partial charge in [0.05, 0.1) is 17.0 Å². The monoisotopic (exact) mass is 421 g/mol. The third-order valence-corrected chi connectivity index (χ3v) is 5.03. The first kappa shape index (κ1) is 23.3. The zero-order valence-corrected chi connectivity index (χ0v) is 17.8. The van der Waals surface area contributed by atoms with Gasteiger partial charge in [-0.25, -0.2) is 19.0 Å². The van der Waals surface area contributed by atoms with E-state index in [0.29, 0.717) is 18.4 Å². The van der Waals surface area contributed by atoms with Crippen molar-refractivity contribution in [1.29, 1.82) is 0 Å². The Hall–Kier alpha value is -2.97. The third-order valence-electron chi connectivity index (χ3n) is 5.03. The Bertz CT molecular complexity index is 872. The van der Waals surface area contributed by atoms with Crippen LogP contribution in [0.3, 0.4) is 0 Å². The van der Waals surface area contributed by atoms with Gasteiger partial charge in [-0.05, 0) is 63.8 Å². The van der Waals surface area contributed by atoms with Crippen LogP contribution in [0.2, 0.25) is 0 Å². The standard InChI is InChI=1S/C21H28FN3O5/c1-6-21(7-2)15(10-12-8-13(17(27)28)11-14(22)9-12)16(26)23-18(25-21)24-19(29)30-20(3,4)5/h8-9,11,15H,6-7,10H2,1-5H3,(H,27,28)(H2,23,24,25,26,29). The zero-order chi connectivity index (χ0) is 22.7. The lowest BCUT2D eigenvalue weighted by Gasteiger charge is -2.39. The van der Waals surface area contributed by atoms with Gasteiger partial charge in [0.25, 0.3) is 0 Å². The average Bonchev–Trinajstić information content (AvgIpc) is 2.61. The first-order chi connectivity index (χ1) is 13.9. The minimum Gasteiger partial charge on any atom is -0.478 e. The quantitative estimate of drug-likeness (QED) is 0.675. The molecule has 0 aliphatic carbocycles. The number of nitrogens with one attached hydrogen (secondary N) is 2. The van der Waals surface area contributed by atoms with Crippen LogP contribution in [0, 0.1) is 11.7 Å². The van der Waals surface area contributed by atoms with Crippen molar-refractivity contribution in [2.75, 3.05) is 0 Å².